The molecule has 0 aliphatic carbocycles. The van der Waals surface area contributed by atoms with Crippen molar-refractivity contribution in [2.24, 2.45) is 5.92 Å². The van der Waals surface area contributed by atoms with Gasteiger partial charge in [-0.2, -0.15) is 0 Å². The lowest BCUT2D eigenvalue weighted by atomic mass is 9.97. The Morgan fingerprint density at radius 1 is 1.17 bits per heavy atom. The zero-order chi connectivity index (χ0) is 16.9. The van der Waals surface area contributed by atoms with Gasteiger partial charge in [0.25, 0.3) is 0 Å². The third kappa shape index (κ3) is 4.37. The van der Waals surface area contributed by atoms with Crippen molar-refractivity contribution in [1.29, 1.82) is 0 Å². The molecule has 2 heterocycles. The lowest BCUT2D eigenvalue weighted by Crippen LogP contribution is -2.64. The van der Waals surface area contributed by atoms with Gasteiger partial charge in [0, 0.05) is 44.9 Å². The van der Waals surface area contributed by atoms with E-state index in [2.05, 4.69) is 18.7 Å². The minimum atomic E-state index is 0.258. The maximum atomic E-state index is 12.4. The van der Waals surface area contributed by atoms with E-state index >= 15 is 0 Å². The van der Waals surface area contributed by atoms with Crippen LogP contribution in [0.25, 0.3) is 0 Å². The van der Waals surface area contributed by atoms with Crippen LogP contribution < -0.4 is 0 Å². The summed E-state index contributed by atoms with van der Waals surface area (Å²) in [4.78, 5) is 17.1. The van der Waals surface area contributed by atoms with Gasteiger partial charge in [-0.1, -0.05) is 44.2 Å². The van der Waals surface area contributed by atoms with Crippen LogP contribution in [-0.4, -0.2) is 60.6 Å². The van der Waals surface area contributed by atoms with Crippen LogP contribution in [0.15, 0.2) is 30.3 Å². The molecule has 0 radical (unpaired) electrons. The van der Waals surface area contributed by atoms with Crippen molar-refractivity contribution in [3.05, 3.63) is 35.9 Å². The molecule has 1 aromatic rings. The first-order chi connectivity index (χ1) is 11.6. The van der Waals surface area contributed by atoms with Crippen molar-refractivity contribution in [3.63, 3.8) is 0 Å². The predicted molar refractivity (Wildman–Crippen MR) is 95.9 cm³/mol. The van der Waals surface area contributed by atoms with Crippen molar-refractivity contribution in [3.8, 4) is 0 Å². The van der Waals surface area contributed by atoms with Gasteiger partial charge in [0.15, 0.2) is 0 Å². The van der Waals surface area contributed by atoms with Gasteiger partial charge in [0.1, 0.15) is 0 Å². The summed E-state index contributed by atoms with van der Waals surface area (Å²) in [5, 5.41) is 0. The summed E-state index contributed by atoms with van der Waals surface area (Å²) in [6, 6.07) is 11.2. The standard InChI is InChI=1S/C20H30N2O2/c1-16(2)13-22(18-8-10-24-11-9-18)19-14-21(15-19)20(23)12-17-6-4-3-5-7-17/h3-7,16,18-19H,8-15H2,1-2H3. The van der Waals surface area contributed by atoms with Crippen LogP contribution in [-0.2, 0) is 16.0 Å². The van der Waals surface area contributed by atoms with Crippen LogP contribution in [0.5, 0.6) is 0 Å². The third-order valence-electron chi connectivity index (χ3n) is 5.12. The Kier molecular flexibility index (Phi) is 5.90. The van der Waals surface area contributed by atoms with E-state index in [0.717, 1.165) is 51.3 Å². The average Bonchev–Trinajstić information content (AvgIpc) is 2.54. The van der Waals surface area contributed by atoms with Crippen LogP contribution >= 0.6 is 0 Å². The molecule has 2 saturated heterocycles. The van der Waals surface area contributed by atoms with E-state index in [-0.39, 0.29) is 5.91 Å². The Balaban J connectivity index is 1.53. The van der Waals surface area contributed by atoms with Crippen molar-refractivity contribution in [1.82, 2.24) is 9.80 Å². The largest absolute Gasteiger partial charge is 0.381 e. The number of carbonyl (C=O) groups excluding carboxylic acids is 1. The summed E-state index contributed by atoms with van der Waals surface area (Å²) in [5.41, 5.74) is 1.11. The summed E-state index contributed by atoms with van der Waals surface area (Å²) in [7, 11) is 0. The number of rotatable bonds is 6. The fourth-order valence-corrected chi connectivity index (χ4v) is 3.79. The second-order valence-electron chi connectivity index (χ2n) is 7.55. The molecule has 1 aromatic carbocycles. The van der Waals surface area contributed by atoms with E-state index < -0.39 is 0 Å². The molecule has 0 spiro atoms. The first kappa shape index (κ1) is 17.4. The van der Waals surface area contributed by atoms with Crippen LogP contribution in [0.4, 0.5) is 0 Å². The van der Waals surface area contributed by atoms with Crippen LogP contribution in [0.1, 0.15) is 32.3 Å². The topological polar surface area (TPSA) is 32.8 Å². The zero-order valence-corrected chi connectivity index (χ0v) is 15.0. The minimum absolute atomic E-state index is 0.258. The van der Waals surface area contributed by atoms with Gasteiger partial charge >= 0.3 is 0 Å². The molecular weight excluding hydrogens is 300 g/mol. The smallest absolute Gasteiger partial charge is 0.227 e. The highest BCUT2D eigenvalue weighted by Gasteiger charge is 2.38. The van der Waals surface area contributed by atoms with Gasteiger partial charge < -0.3 is 9.64 Å². The lowest BCUT2D eigenvalue weighted by Gasteiger charge is -2.49. The lowest BCUT2D eigenvalue weighted by molar-refractivity contribution is -0.139. The van der Waals surface area contributed by atoms with E-state index in [1.807, 2.05) is 35.2 Å². The van der Waals surface area contributed by atoms with Crippen molar-refractivity contribution >= 4 is 5.91 Å². The van der Waals surface area contributed by atoms with Crippen LogP contribution in [0.2, 0.25) is 0 Å². The number of carbonyl (C=O) groups is 1. The molecule has 2 aliphatic heterocycles. The van der Waals surface area contributed by atoms with Crippen LogP contribution in [0.3, 0.4) is 0 Å². The number of hydrogen-bond acceptors (Lipinski definition) is 3. The third-order valence-corrected chi connectivity index (χ3v) is 5.12. The summed E-state index contributed by atoms with van der Waals surface area (Å²) in [6.07, 6.45) is 2.78. The highest BCUT2D eigenvalue weighted by Crippen LogP contribution is 2.24. The predicted octanol–water partition coefficient (Wildman–Crippen LogP) is 2.58. The van der Waals surface area contributed by atoms with Crippen molar-refractivity contribution in [2.45, 2.75) is 45.2 Å². The molecule has 4 nitrogen and oxygen atoms in total. The van der Waals surface area contributed by atoms with E-state index in [1.54, 1.807) is 0 Å². The van der Waals surface area contributed by atoms with Crippen molar-refractivity contribution < 1.29 is 9.53 Å². The van der Waals surface area contributed by atoms with Gasteiger partial charge in [-0.15, -0.1) is 0 Å². The van der Waals surface area contributed by atoms with E-state index in [0.29, 0.717) is 24.4 Å². The monoisotopic (exact) mass is 330 g/mol. The molecule has 2 fully saturated rings. The number of benzene rings is 1. The maximum Gasteiger partial charge on any atom is 0.227 e. The minimum Gasteiger partial charge on any atom is -0.381 e. The maximum absolute atomic E-state index is 12.4. The number of ether oxygens (including phenoxy) is 1. The van der Waals surface area contributed by atoms with E-state index in [1.165, 1.54) is 0 Å². The molecule has 0 unspecified atom stereocenters. The first-order valence-corrected chi connectivity index (χ1v) is 9.28. The molecule has 1 amide bonds. The molecule has 3 rings (SSSR count). The molecule has 0 N–H and O–H groups in total. The van der Waals surface area contributed by atoms with Crippen LogP contribution in [0, 0.1) is 5.92 Å². The molecule has 132 valence electrons. The summed E-state index contributed by atoms with van der Waals surface area (Å²) < 4.78 is 5.52. The molecule has 4 heteroatoms. The van der Waals surface area contributed by atoms with Gasteiger partial charge in [-0.05, 0) is 24.3 Å². The van der Waals surface area contributed by atoms with Crippen molar-refractivity contribution in [2.75, 3.05) is 32.8 Å². The van der Waals surface area contributed by atoms with Gasteiger partial charge in [-0.3, -0.25) is 9.69 Å². The molecule has 0 atom stereocenters. The quantitative estimate of drug-likeness (QED) is 0.804. The number of hydrogen-bond donors (Lipinski definition) is 0. The van der Waals surface area contributed by atoms with Gasteiger partial charge in [0.05, 0.1) is 6.42 Å². The summed E-state index contributed by atoms with van der Waals surface area (Å²) >= 11 is 0. The highest BCUT2D eigenvalue weighted by molar-refractivity contribution is 5.79. The molecule has 0 aromatic heterocycles. The Bertz CT molecular complexity index is 520. The Labute approximate surface area is 145 Å². The molecule has 0 bridgehead atoms. The number of likely N-dealkylation sites (tertiary alicyclic amines) is 1. The molecular formula is C20H30N2O2. The van der Waals surface area contributed by atoms with E-state index in [9.17, 15) is 4.79 Å². The summed E-state index contributed by atoms with van der Waals surface area (Å²) in [5.74, 6) is 0.913. The average molecular weight is 330 g/mol. The molecule has 0 saturated carbocycles. The second-order valence-corrected chi connectivity index (χ2v) is 7.55. The fourth-order valence-electron chi connectivity index (χ4n) is 3.79. The first-order valence-electron chi connectivity index (χ1n) is 9.28. The summed E-state index contributed by atoms with van der Waals surface area (Å²) in [6.45, 7) is 9.21. The Morgan fingerprint density at radius 2 is 1.83 bits per heavy atom. The van der Waals surface area contributed by atoms with Gasteiger partial charge in [-0.25, -0.2) is 0 Å². The SMILES string of the molecule is CC(C)CN(C1CCOCC1)C1CN(C(=O)Cc2ccccc2)C1. The fraction of sp³-hybridized carbons (Fsp3) is 0.650. The normalized spacial score (nSPS) is 19.8. The molecule has 2 aliphatic rings. The Morgan fingerprint density at radius 3 is 2.46 bits per heavy atom. The van der Waals surface area contributed by atoms with E-state index in [4.69, 9.17) is 4.74 Å². The Hall–Kier alpha value is -1.39. The second kappa shape index (κ2) is 8.13. The zero-order valence-electron chi connectivity index (χ0n) is 15.0. The van der Waals surface area contributed by atoms with Gasteiger partial charge in [0.2, 0.25) is 5.91 Å². The highest BCUT2D eigenvalue weighted by atomic mass is 16.5. The number of nitrogens with zero attached hydrogens (tertiary/aromatic N) is 2. The number of amides is 1. The molecule has 24 heavy (non-hydrogen) atoms.